The van der Waals surface area contributed by atoms with Crippen molar-refractivity contribution in [1.82, 2.24) is 0 Å². The molecular formula is C29H22ClN3O3. The van der Waals surface area contributed by atoms with E-state index in [2.05, 4.69) is 5.32 Å². The number of methoxy groups -OCH3 is 1. The minimum Gasteiger partial charge on any atom is -0.495 e. The summed E-state index contributed by atoms with van der Waals surface area (Å²) in [4.78, 5) is 32.0. The van der Waals surface area contributed by atoms with Gasteiger partial charge in [-0.2, -0.15) is 0 Å². The maximum atomic E-state index is 14.6. The number of nitrogens with zero attached hydrogens (tertiary/aromatic N) is 2. The molecule has 0 radical (unpaired) electrons. The Bertz CT molecular complexity index is 1520. The third kappa shape index (κ3) is 3.11. The van der Waals surface area contributed by atoms with Crippen LogP contribution in [0.15, 0.2) is 97.1 Å². The van der Waals surface area contributed by atoms with Crippen molar-refractivity contribution in [2.75, 3.05) is 22.2 Å². The molecule has 178 valence electrons. The van der Waals surface area contributed by atoms with Crippen LogP contribution in [0, 0.1) is 0 Å². The molecule has 6 rings (SSSR count). The average Bonchev–Trinajstić information content (AvgIpc) is 3.13. The van der Waals surface area contributed by atoms with Crippen molar-refractivity contribution in [1.29, 1.82) is 0 Å². The fraction of sp³-hybridized carbons (Fsp3) is 0.103. The van der Waals surface area contributed by atoms with Crippen molar-refractivity contribution in [2.45, 2.75) is 12.2 Å². The summed E-state index contributed by atoms with van der Waals surface area (Å²) >= 11 is 6.47. The van der Waals surface area contributed by atoms with Gasteiger partial charge in [-0.1, -0.05) is 72.3 Å². The monoisotopic (exact) mass is 495 g/mol. The lowest BCUT2D eigenvalue weighted by Gasteiger charge is -2.45. The quantitative estimate of drug-likeness (QED) is 0.387. The molecule has 2 aliphatic heterocycles. The third-order valence-electron chi connectivity index (χ3n) is 6.76. The van der Waals surface area contributed by atoms with Crippen molar-refractivity contribution >= 4 is 40.5 Å². The van der Waals surface area contributed by atoms with Crippen molar-refractivity contribution in [2.24, 2.45) is 0 Å². The molecule has 4 aromatic rings. The van der Waals surface area contributed by atoms with Crippen LogP contribution in [0.1, 0.15) is 21.5 Å². The second-order valence-electron chi connectivity index (χ2n) is 8.69. The predicted molar refractivity (Wildman–Crippen MR) is 141 cm³/mol. The summed E-state index contributed by atoms with van der Waals surface area (Å²) in [5.74, 6) is -0.0878. The molecule has 1 spiro atoms. The molecule has 0 aromatic heterocycles. The van der Waals surface area contributed by atoms with Gasteiger partial charge in [0.25, 0.3) is 11.8 Å². The number of rotatable bonds is 4. The van der Waals surface area contributed by atoms with E-state index in [1.165, 1.54) is 4.90 Å². The highest BCUT2D eigenvalue weighted by Gasteiger charge is 2.60. The highest BCUT2D eigenvalue weighted by Crippen LogP contribution is 2.51. The van der Waals surface area contributed by atoms with E-state index < -0.39 is 5.66 Å². The normalized spacial score (nSPS) is 18.2. The Morgan fingerprint density at radius 3 is 2.31 bits per heavy atom. The predicted octanol–water partition coefficient (Wildman–Crippen LogP) is 5.82. The van der Waals surface area contributed by atoms with Crippen LogP contribution in [0.2, 0.25) is 5.02 Å². The largest absolute Gasteiger partial charge is 0.495 e. The zero-order valence-corrected chi connectivity index (χ0v) is 20.2. The molecule has 36 heavy (non-hydrogen) atoms. The maximum absolute atomic E-state index is 14.6. The van der Waals surface area contributed by atoms with Gasteiger partial charge in [0.2, 0.25) is 5.66 Å². The highest BCUT2D eigenvalue weighted by atomic mass is 35.5. The Labute approximate surface area is 213 Å². The number of ether oxygens (including phenoxy) is 1. The maximum Gasteiger partial charge on any atom is 0.279 e. The molecule has 0 saturated carbocycles. The van der Waals surface area contributed by atoms with Crippen molar-refractivity contribution in [3.05, 3.63) is 119 Å². The Hall–Kier alpha value is -4.29. The zero-order valence-electron chi connectivity index (χ0n) is 19.4. The average molecular weight is 496 g/mol. The number of hydrogen-bond donors (Lipinski definition) is 1. The molecule has 6 nitrogen and oxygen atoms in total. The number of carbonyl (C=O) groups is 2. The summed E-state index contributed by atoms with van der Waals surface area (Å²) in [7, 11) is 1.55. The number of benzene rings is 4. The first-order valence-corrected chi connectivity index (χ1v) is 11.9. The van der Waals surface area contributed by atoms with Gasteiger partial charge in [0.05, 0.1) is 30.6 Å². The van der Waals surface area contributed by atoms with Gasteiger partial charge in [-0.3, -0.25) is 14.5 Å². The van der Waals surface area contributed by atoms with Crippen LogP contribution in [-0.4, -0.2) is 18.9 Å². The number of amides is 2. The summed E-state index contributed by atoms with van der Waals surface area (Å²) in [5, 5.41) is 4.04. The van der Waals surface area contributed by atoms with Gasteiger partial charge in [0.15, 0.2) is 0 Å². The van der Waals surface area contributed by atoms with Gasteiger partial charge in [-0.25, -0.2) is 0 Å². The number of fused-ring (bicyclic) bond motifs is 3. The summed E-state index contributed by atoms with van der Waals surface area (Å²) in [6.07, 6.45) is 0. The number of nitrogens with one attached hydrogen (secondary N) is 1. The van der Waals surface area contributed by atoms with Crippen LogP contribution >= 0.6 is 11.6 Å². The van der Waals surface area contributed by atoms with Gasteiger partial charge in [-0.15, -0.1) is 0 Å². The Balaban J connectivity index is 1.61. The van der Waals surface area contributed by atoms with Crippen LogP contribution in [0.3, 0.4) is 0 Å². The third-order valence-corrected chi connectivity index (χ3v) is 7.13. The van der Waals surface area contributed by atoms with Crippen molar-refractivity contribution in [3.8, 4) is 5.75 Å². The lowest BCUT2D eigenvalue weighted by atomic mass is 9.92. The van der Waals surface area contributed by atoms with Crippen molar-refractivity contribution in [3.63, 3.8) is 0 Å². The zero-order chi connectivity index (χ0) is 24.9. The molecule has 1 atom stereocenters. The van der Waals surface area contributed by atoms with Crippen molar-refractivity contribution < 1.29 is 14.3 Å². The molecular weight excluding hydrogens is 474 g/mol. The first-order chi connectivity index (χ1) is 17.6. The van der Waals surface area contributed by atoms with Gasteiger partial charge < -0.3 is 15.0 Å². The van der Waals surface area contributed by atoms with E-state index in [9.17, 15) is 9.59 Å². The lowest BCUT2D eigenvalue weighted by Crippen LogP contribution is -2.63. The number of halogens is 1. The van der Waals surface area contributed by atoms with Gasteiger partial charge in [0, 0.05) is 16.3 Å². The number of anilines is 3. The summed E-state index contributed by atoms with van der Waals surface area (Å²) in [6, 6.07) is 29.5. The number of hydrogen-bond acceptors (Lipinski definition) is 4. The minimum atomic E-state index is -1.52. The topological polar surface area (TPSA) is 61.9 Å². The Morgan fingerprint density at radius 2 is 1.50 bits per heavy atom. The van der Waals surface area contributed by atoms with E-state index in [0.29, 0.717) is 39.0 Å². The van der Waals surface area contributed by atoms with Gasteiger partial charge in [0.1, 0.15) is 5.75 Å². The van der Waals surface area contributed by atoms with E-state index >= 15 is 0 Å². The van der Waals surface area contributed by atoms with E-state index in [1.807, 2.05) is 72.8 Å². The van der Waals surface area contributed by atoms with E-state index in [4.69, 9.17) is 16.3 Å². The van der Waals surface area contributed by atoms with Crippen LogP contribution in [0.5, 0.6) is 5.75 Å². The summed E-state index contributed by atoms with van der Waals surface area (Å²) in [5.41, 5.74) is 2.25. The van der Waals surface area contributed by atoms with Gasteiger partial charge >= 0.3 is 0 Å². The smallest absolute Gasteiger partial charge is 0.279 e. The van der Waals surface area contributed by atoms with Crippen LogP contribution < -0.4 is 19.9 Å². The fourth-order valence-electron chi connectivity index (χ4n) is 5.13. The van der Waals surface area contributed by atoms with Gasteiger partial charge in [-0.05, 0) is 42.0 Å². The molecule has 2 heterocycles. The van der Waals surface area contributed by atoms with E-state index in [1.54, 1.807) is 36.3 Å². The molecule has 0 unspecified atom stereocenters. The second kappa shape index (κ2) is 8.43. The number of carbonyl (C=O) groups excluding carboxylic acids is 2. The standard InChI is InChI=1S/C29H22ClN3O3/c1-36-26-17-9-8-16-25(26)33-27(34)20-11-3-6-14-23(20)31-29(33)21-12-4-7-15-24(21)32(28(29)35)18-19-10-2-5-13-22(19)30/h2-17,31H,18H2,1H3/t29-/m0/s1. The number of para-hydroxylation sites is 4. The second-order valence-corrected chi connectivity index (χ2v) is 9.10. The molecule has 4 aromatic carbocycles. The minimum absolute atomic E-state index is 0.258. The molecule has 0 fully saturated rings. The van der Waals surface area contributed by atoms with Crippen LogP contribution in [0.4, 0.5) is 17.1 Å². The molecule has 0 aliphatic carbocycles. The Kier molecular flexibility index (Phi) is 5.20. The fourth-order valence-corrected chi connectivity index (χ4v) is 5.33. The van der Waals surface area contributed by atoms with E-state index in [-0.39, 0.29) is 18.4 Å². The van der Waals surface area contributed by atoms with Crippen LogP contribution in [0.25, 0.3) is 0 Å². The molecule has 1 N–H and O–H groups in total. The Morgan fingerprint density at radius 1 is 0.833 bits per heavy atom. The molecule has 0 bridgehead atoms. The molecule has 2 aliphatic rings. The molecule has 2 amide bonds. The summed E-state index contributed by atoms with van der Waals surface area (Å²) in [6.45, 7) is 0.258. The van der Waals surface area contributed by atoms with Crippen LogP contribution in [-0.2, 0) is 17.0 Å². The summed E-state index contributed by atoms with van der Waals surface area (Å²) < 4.78 is 5.64. The first kappa shape index (κ1) is 22.2. The van der Waals surface area contributed by atoms with E-state index in [0.717, 1.165) is 5.56 Å². The lowest BCUT2D eigenvalue weighted by molar-refractivity contribution is -0.122. The first-order valence-electron chi connectivity index (χ1n) is 11.6. The molecule has 7 heteroatoms. The molecule has 0 saturated heterocycles. The SMILES string of the molecule is COc1ccccc1N1C(=O)c2ccccc2N[C@]12C(=O)N(Cc1ccccc1Cl)c1ccccc12. The highest BCUT2D eigenvalue weighted by molar-refractivity contribution is 6.31.